The minimum Gasteiger partial charge on any atom is -0.294 e. The molecule has 0 spiro atoms. The lowest BCUT2D eigenvalue weighted by Crippen LogP contribution is -2.13. The third-order valence-electron chi connectivity index (χ3n) is 2.18. The Morgan fingerprint density at radius 1 is 1.62 bits per heavy atom. The number of halogens is 1. The molecule has 1 aliphatic rings. The monoisotopic (exact) mass is 232 g/mol. The molecule has 1 aromatic heterocycles. The van der Waals surface area contributed by atoms with Gasteiger partial charge in [0.2, 0.25) is 0 Å². The largest absolute Gasteiger partial charge is 0.294 e. The molecule has 4 heteroatoms. The smallest absolute Gasteiger partial charge is 0.169 e. The van der Waals surface area contributed by atoms with Crippen LogP contribution in [0.3, 0.4) is 0 Å². The van der Waals surface area contributed by atoms with Gasteiger partial charge in [-0.05, 0) is 23.6 Å². The molecule has 2 heterocycles. The summed E-state index contributed by atoms with van der Waals surface area (Å²) in [6.07, 6.45) is 1.01. The molecule has 0 N–H and O–H groups in total. The van der Waals surface area contributed by atoms with Crippen molar-refractivity contribution in [3.8, 4) is 0 Å². The molecule has 1 nitrogen and oxygen atoms in total. The Bertz CT molecular complexity index is 315. The maximum Gasteiger partial charge on any atom is 0.169 e. The quantitative estimate of drug-likeness (QED) is 0.728. The number of hydrogen-bond donors (Lipinski definition) is 0. The first-order valence-electron chi connectivity index (χ1n) is 4.14. The standard InChI is InChI=1S/C9H9ClOS2/c10-9-7(2-4-13-9)8(11)6-1-3-12-5-6/h2,4,6H,1,3,5H2. The fourth-order valence-electron chi connectivity index (χ4n) is 1.43. The van der Waals surface area contributed by atoms with Crippen molar-refractivity contribution in [3.63, 3.8) is 0 Å². The Hall–Kier alpha value is 0.01000. The molecule has 0 bridgehead atoms. The van der Waals surface area contributed by atoms with Crippen LogP contribution in [0, 0.1) is 5.92 Å². The van der Waals surface area contributed by atoms with E-state index in [-0.39, 0.29) is 11.7 Å². The number of hydrogen-bond acceptors (Lipinski definition) is 3. The molecule has 1 fully saturated rings. The van der Waals surface area contributed by atoms with E-state index in [0.29, 0.717) is 4.34 Å². The first-order valence-corrected chi connectivity index (χ1v) is 6.55. The molecule has 0 amide bonds. The van der Waals surface area contributed by atoms with E-state index in [4.69, 9.17) is 11.6 Å². The summed E-state index contributed by atoms with van der Waals surface area (Å²) in [6.45, 7) is 0. The van der Waals surface area contributed by atoms with E-state index in [1.807, 2.05) is 23.2 Å². The molecule has 1 aliphatic heterocycles. The average molecular weight is 233 g/mol. The maximum atomic E-state index is 11.8. The van der Waals surface area contributed by atoms with Crippen LogP contribution < -0.4 is 0 Å². The second kappa shape index (κ2) is 4.03. The van der Waals surface area contributed by atoms with Crippen LogP contribution in [0.25, 0.3) is 0 Å². The summed E-state index contributed by atoms with van der Waals surface area (Å²) in [7, 11) is 0. The van der Waals surface area contributed by atoms with E-state index >= 15 is 0 Å². The topological polar surface area (TPSA) is 17.1 Å². The van der Waals surface area contributed by atoms with Gasteiger partial charge in [0.15, 0.2) is 5.78 Å². The lowest BCUT2D eigenvalue weighted by atomic mass is 9.99. The van der Waals surface area contributed by atoms with Crippen LogP contribution in [-0.2, 0) is 0 Å². The molecule has 1 saturated heterocycles. The third-order valence-corrected chi connectivity index (χ3v) is 4.52. The van der Waals surface area contributed by atoms with Gasteiger partial charge < -0.3 is 0 Å². The van der Waals surface area contributed by atoms with Gasteiger partial charge >= 0.3 is 0 Å². The summed E-state index contributed by atoms with van der Waals surface area (Å²) in [4.78, 5) is 11.8. The minimum absolute atomic E-state index is 0.206. The predicted octanol–water partition coefficient (Wildman–Crippen LogP) is 3.34. The van der Waals surface area contributed by atoms with Gasteiger partial charge in [-0.2, -0.15) is 11.8 Å². The van der Waals surface area contributed by atoms with Crippen LogP contribution in [0.5, 0.6) is 0 Å². The molecule has 2 rings (SSSR count). The number of thioether (sulfide) groups is 1. The number of Topliss-reactive ketones (excluding diaryl/α,β-unsaturated/α-hetero) is 1. The second-order valence-corrected chi connectivity index (χ2v) is 5.70. The van der Waals surface area contributed by atoms with E-state index in [9.17, 15) is 4.79 Å². The van der Waals surface area contributed by atoms with Crippen LogP contribution >= 0.6 is 34.7 Å². The van der Waals surface area contributed by atoms with E-state index in [0.717, 1.165) is 23.5 Å². The van der Waals surface area contributed by atoms with Gasteiger partial charge in [0.1, 0.15) is 4.34 Å². The molecule has 0 aliphatic carbocycles. The molecule has 1 aromatic rings. The van der Waals surface area contributed by atoms with Gasteiger partial charge in [-0.15, -0.1) is 11.3 Å². The Labute approximate surface area is 90.5 Å². The summed E-state index contributed by atoms with van der Waals surface area (Å²) in [5.41, 5.74) is 0.721. The zero-order chi connectivity index (χ0) is 9.26. The van der Waals surface area contributed by atoms with Crippen LogP contribution in [0.2, 0.25) is 4.34 Å². The number of thiophene rings is 1. The first-order chi connectivity index (χ1) is 6.29. The minimum atomic E-state index is 0.206. The van der Waals surface area contributed by atoms with Crippen LogP contribution in [0.4, 0.5) is 0 Å². The second-order valence-electron chi connectivity index (χ2n) is 3.03. The maximum absolute atomic E-state index is 11.8. The van der Waals surface area contributed by atoms with Gasteiger partial charge in [-0.1, -0.05) is 11.6 Å². The fourth-order valence-corrected chi connectivity index (χ4v) is 3.58. The number of carbonyl (C=O) groups is 1. The molecule has 70 valence electrons. The van der Waals surface area contributed by atoms with Crippen molar-refractivity contribution in [3.05, 3.63) is 21.3 Å². The lowest BCUT2D eigenvalue weighted by molar-refractivity contribution is 0.0934. The van der Waals surface area contributed by atoms with E-state index in [1.165, 1.54) is 11.3 Å². The molecule has 13 heavy (non-hydrogen) atoms. The zero-order valence-corrected chi connectivity index (χ0v) is 9.35. The predicted molar refractivity (Wildman–Crippen MR) is 59.1 cm³/mol. The Kier molecular flexibility index (Phi) is 2.96. The summed E-state index contributed by atoms with van der Waals surface area (Å²) < 4.78 is 0.641. The molecule has 1 atom stereocenters. The van der Waals surface area contributed by atoms with Gasteiger partial charge in [0.05, 0.1) is 0 Å². The highest BCUT2D eigenvalue weighted by Crippen LogP contribution is 2.31. The molecule has 0 aromatic carbocycles. The summed E-state index contributed by atoms with van der Waals surface area (Å²) in [5.74, 6) is 2.51. The zero-order valence-electron chi connectivity index (χ0n) is 6.96. The van der Waals surface area contributed by atoms with Crippen molar-refractivity contribution in [2.75, 3.05) is 11.5 Å². The van der Waals surface area contributed by atoms with Crippen molar-refractivity contribution in [2.45, 2.75) is 6.42 Å². The molecule has 0 radical (unpaired) electrons. The number of rotatable bonds is 2. The SMILES string of the molecule is O=C(c1ccsc1Cl)C1CCSC1. The fraction of sp³-hybridized carbons (Fsp3) is 0.444. The van der Waals surface area contributed by atoms with Gasteiger partial charge in [0, 0.05) is 17.2 Å². The lowest BCUT2D eigenvalue weighted by Gasteiger charge is -2.04. The van der Waals surface area contributed by atoms with E-state index in [1.54, 1.807) is 0 Å². The molecule has 1 unspecified atom stereocenters. The van der Waals surface area contributed by atoms with Crippen molar-refractivity contribution in [1.29, 1.82) is 0 Å². The first kappa shape index (κ1) is 9.56. The van der Waals surface area contributed by atoms with Gasteiger partial charge in [-0.3, -0.25) is 4.79 Å². The molecular formula is C9H9ClOS2. The van der Waals surface area contributed by atoms with Gasteiger partial charge in [0.25, 0.3) is 0 Å². The van der Waals surface area contributed by atoms with Crippen molar-refractivity contribution >= 4 is 40.5 Å². The summed E-state index contributed by atoms with van der Waals surface area (Å²) in [5, 5.41) is 1.87. The van der Waals surface area contributed by atoms with Gasteiger partial charge in [-0.25, -0.2) is 0 Å². The highest BCUT2D eigenvalue weighted by molar-refractivity contribution is 7.99. The van der Waals surface area contributed by atoms with Crippen LogP contribution in [0.1, 0.15) is 16.8 Å². The van der Waals surface area contributed by atoms with Crippen molar-refractivity contribution in [1.82, 2.24) is 0 Å². The summed E-state index contributed by atoms with van der Waals surface area (Å²) in [6, 6.07) is 1.83. The third kappa shape index (κ3) is 1.92. The number of carbonyl (C=O) groups excluding carboxylic acids is 1. The summed E-state index contributed by atoms with van der Waals surface area (Å²) >= 11 is 9.19. The van der Waals surface area contributed by atoms with Crippen LogP contribution in [0.15, 0.2) is 11.4 Å². The van der Waals surface area contributed by atoms with Crippen molar-refractivity contribution < 1.29 is 4.79 Å². The highest BCUT2D eigenvalue weighted by Gasteiger charge is 2.25. The number of ketones is 1. The van der Waals surface area contributed by atoms with E-state index in [2.05, 4.69) is 0 Å². The molecule has 0 saturated carbocycles. The highest BCUT2D eigenvalue weighted by atomic mass is 35.5. The normalized spacial score (nSPS) is 22.1. The van der Waals surface area contributed by atoms with E-state index < -0.39 is 0 Å². The molecular weight excluding hydrogens is 224 g/mol. The Morgan fingerprint density at radius 3 is 3.00 bits per heavy atom. The Morgan fingerprint density at radius 2 is 2.46 bits per heavy atom. The van der Waals surface area contributed by atoms with Crippen molar-refractivity contribution in [2.24, 2.45) is 5.92 Å². The average Bonchev–Trinajstić information content (AvgIpc) is 2.72. The Balaban J connectivity index is 2.17. The van der Waals surface area contributed by atoms with Crippen LogP contribution in [-0.4, -0.2) is 17.3 Å².